The quantitative estimate of drug-likeness (QED) is 0.0295. The lowest BCUT2D eigenvalue weighted by Crippen LogP contribution is -2.39. The number of esters is 8. The third-order valence-electron chi connectivity index (χ3n) is 8.45. The van der Waals surface area contributed by atoms with Gasteiger partial charge in [-0.1, -0.05) is 13.2 Å². The fraction of sp³-hybridized carbons (Fsp3) is 0.674. The van der Waals surface area contributed by atoms with Crippen LogP contribution >= 0.6 is 0 Å². The Bertz CT molecular complexity index is 1450. The van der Waals surface area contributed by atoms with Gasteiger partial charge in [-0.15, -0.1) is 0 Å². The molecule has 20 nitrogen and oxygen atoms in total. The van der Waals surface area contributed by atoms with Crippen LogP contribution < -0.4 is 10.6 Å². The minimum absolute atomic E-state index is 0.0119. The second kappa shape index (κ2) is 39.1. The van der Waals surface area contributed by atoms with Crippen LogP contribution in [-0.4, -0.2) is 126 Å². The summed E-state index contributed by atoms with van der Waals surface area (Å²) in [5.41, 5.74) is 0. The van der Waals surface area contributed by atoms with E-state index in [0.29, 0.717) is 77.0 Å². The van der Waals surface area contributed by atoms with Gasteiger partial charge in [0.15, 0.2) is 0 Å². The van der Waals surface area contributed by atoms with Crippen LogP contribution in [0.5, 0.6) is 0 Å². The summed E-state index contributed by atoms with van der Waals surface area (Å²) in [5.74, 6) is -6.42. The zero-order valence-corrected chi connectivity index (χ0v) is 36.6. The second-order valence-electron chi connectivity index (χ2n) is 13.8. The topological polar surface area (TPSA) is 269 Å². The fourth-order valence-electron chi connectivity index (χ4n) is 4.94. The van der Waals surface area contributed by atoms with Gasteiger partial charge in [0.25, 0.3) is 0 Å². The van der Waals surface area contributed by atoms with E-state index < -0.39 is 60.0 Å². The Morgan fingerprint density at radius 1 is 0.413 bits per heavy atom. The Balaban J connectivity index is 3.74. The van der Waals surface area contributed by atoms with E-state index in [-0.39, 0.29) is 104 Å². The molecule has 20 heteroatoms. The van der Waals surface area contributed by atoms with Gasteiger partial charge in [0.2, 0.25) is 11.8 Å². The number of nitrogens with one attached hydrogen (secondary N) is 2. The van der Waals surface area contributed by atoms with Crippen LogP contribution in [-0.2, 0) is 85.8 Å². The molecule has 2 amide bonds. The molecular weight excluding hydrogens is 832 g/mol. The molecule has 0 aliphatic carbocycles. The van der Waals surface area contributed by atoms with Gasteiger partial charge in [-0.05, 0) is 84.0 Å². The third-order valence-corrected chi connectivity index (χ3v) is 8.45. The maximum Gasteiger partial charge on any atom is 0.330 e. The van der Waals surface area contributed by atoms with Crippen molar-refractivity contribution in [2.75, 3.05) is 65.9 Å². The molecule has 0 saturated heterocycles. The summed E-state index contributed by atoms with van der Waals surface area (Å²) < 4.78 is 39.9. The van der Waals surface area contributed by atoms with Gasteiger partial charge in [-0.2, -0.15) is 0 Å². The Kier molecular flexibility index (Phi) is 35.4. The SMILES string of the molecule is C=CC(=O)OCCOC(=O)CCCCCOC(=O)CCCCCOC(=O)CC(=O)NCCNC(=O)C(C)C(=O)OCCCCCC(=O)OCCCCCC(=O)OCCOC(=O)C=C. The van der Waals surface area contributed by atoms with Gasteiger partial charge in [-0.25, -0.2) is 9.59 Å². The van der Waals surface area contributed by atoms with Crippen molar-refractivity contribution in [3.8, 4) is 0 Å². The van der Waals surface area contributed by atoms with E-state index in [4.69, 9.17) is 37.9 Å². The standard InChI is InChI=1S/C43H66N2O18/c1-4-35(47)59-28-30-61-39(51)20-11-6-14-24-56-37(49)18-10-8-16-26-58-41(53)32-34(46)44-22-23-45-42(54)33(3)43(55)63-27-17-9-13-19-38(50)57-25-15-7-12-21-40(52)62-31-29-60-36(48)5-2/h4-5,33H,1-2,6-32H2,3H3,(H,44,46)(H,45,54). The summed E-state index contributed by atoms with van der Waals surface area (Å²) in [5, 5.41) is 5.00. The van der Waals surface area contributed by atoms with Crippen molar-refractivity contribution in [3.05, 3.63) is 25.3 Å². The molecule has 2 N–H and O–H groups in total. The van der Waals surface area contributed by atoms with E-state index >= 15 is 0 Å². The average molecular weight is 899 g/mol. The molecule has 1 unspecified atom stereocenters. The van der Waals surface area contributed by atoms with Crippen molar-refractivity contribution in [1.29, 1.82) is 0 Å². The summed E-state index contributed by atoms with van der Waals surface area (Å²) in [6, 6.07) is 0. The summed E-state index contributed by atoms with van der Waals surface area (Å²) in [6.07, 6.45) is 9.20. The molecule has 0 bridgehead atoms. The zero-order valence-electron chi connectivity index (χ0n) is 36.6. The average Bonchev–Trinajstić information content (AvgIpc) is 3.26. The number of ether oxygens (including phenoxy) is 8. The molecule has 0 aliphatic heterocycles. The molecule has 0 fully saturated rings. The van der Waals surface area contributed by atoms with E-state index in [0.717, 1.165) is 12.2 Å². The molecule has 0 saturated carbocycles. The van der Waals surface area contributed by atoms with Crippen molar-refractivity contribution in [2.24, 2.45) is 5.92 Å². The van der Waals surface area contributed by atoms with Crippen molar-refractivity contribution in [3.63, 3.8) is 0 Å². The summed E-state index contributed by atoms with van der Waals surface area (Å²) in [7, 11) is 0. The second-order valence-corrected chi connectivity index (χ2v) is 13.8. The van der Waals surface area contributed by atoms with Gasteiger partial charge in [0.1, 0.15) is 38.8 Å². The number of unbranched alkanes of at least 4 members (excludes halogenated alkanes) is 8. The van der Waals surface area contributed by atoms with Crippen LogP contribution in [0, 0.1) is 5.92 Å². The highest BCUT2D eigenvalue weighted by Crippen LogP contribution is 2.08. The zero-order chi connectivity index (χ0) is 46.9. The monoisotopic (exact) mass is 898 g/mol. The van der Waals surface area contributed by atoms with E-state index in [1.54, 1.807) is 0 Å². The minimum atomic E-state index is -1.09. The van der Waals surface area contributed by atoms with Crippen molar-refractivity contribution < 1.29 is 85.8 Å². The van der Waals surface area contributed by atoms with E-state index in [1.807, 2.05) is 0 Å². The number of rotatable bonds is 39. The van der Waals surface area contributed by atoms with Crippen LogP contribution in [0.3, 0.4) is 0 Å². The Labute approximate surface area is 368 Å². The number of amides is 2. The number of hydrogen-bond donors (Lipinski definition) is 2. The summed E-state index contributed by atoms with van der Waals surface area (Å²) in [4.78, 5) is 117. The van der Waals surface area contributed by atoms with Gasteiger partial charge >= 0.3 is 47.8 Å². The molecule has 0 radical (unpaired) electrons. The first-order chi connectivity index (χ1) is 30.3. The molecule has 356 valence electrons. The van der Waals surface area contributed by atoms with Crippen LogP contribution in [0.15, 0.2) is 25.3 Å². The van der Waals surface area contributed by atoms with Crippen LogP contribution in [0.2, 0.25) is 0 Å². The maximum atomic E-state index is 12.3. The first-order valence-electron chi connectivity index (χ1n) is 21.4. The Morgan fingerprint density at radius 2 is 0.746 bits per heavy atom. The predicted molar refractivity (Wildman–Crippen MR) is 222 cm³/mol. The molecule has 0 spiro atoms. The lowest BCUT2D eigenvalue weighted by Gasteiger charge is -2.12. The van der Waals surface area contributed by atoms with E-state index in [9.17, 15) is 47.9 Å². The normalized spacial score (nSPS) is 10.8. The molecule has 0 aliphatic rings. The largest absolute Gasteiger partial charge is 0.466 e. The molecule has 0 aromatic heterocycles. The van der Waals surface area contributed by atoms with Crippen molar-refractivity contribution in [1.82, 2.24) is 10.6 Å². The predicted octanol–water partition coefficient (Wildman–Crippen LogP) is 3.20. The van der Waals surface area contributed by atoms with Gasteiger partial charge < -0.3 is 48.5 Å². The molecular formula is C43H66N2O18. The van der Waals surface area contributed by atoms with Gasteiger partial charge in [-0.3, -0.25) is 38.4 Å². The fourth-order valence-corrected chi connectivity index (χ4v) is 4.94. The van der Waals surface area contributed by atoms with Crippen molar-refractivity contribution in [2.45, 2.75) is 116 Å². The third kappa shape index (κ3) is 36.5. The Hall–Kier alpha value is -5.82. The van der Waals surface area contributed by atoms with Crippen LogP contribution in [0.1, 0.15) is 116 Å². The highest BCUT2D eigenvalue weighted by molar-refractivity contribution is 5.97. The van der Waals surface area contributed by atoms with Crippen LogP contribution in [0.4, 0.5) is 0 Å². The summed E-state index contributed by atoms with van der Waals surface area (Å²) in [6.45, 7) is 8.41. The Morgan fingerprint density at radius 3 is 1.14 bits per heavy atom. The molecule has 1 atom stereocenters. The summed E-state index contributed by atoms with van der Waals surface area (Å²) >= 11 is 0. The molecule has 0 heterocycles. The number of carbonyl (C=O) groups is 10. The van der Waals surface area contributed by atoms with Gasteiger partial charge in [0, 0.05) is 50.9 Å². The smallest absolute Gasteiger partial charge is 0.330 e. The first kappa shape index (κ1) is 57.2. The van der Waals surface area contributed by atoms with E-state index in [1.165, 1.54) is 6.92 Å². The minimum Gasteiger partial charge on any atom is -0.466 e. The number of hydrogen-bond acceptors (Lipinski definition) is 18. The number of carbonyl (C=O) groups excluding carboxylic acids is 10. The highest BCUT2D eigenvalue weighted by atomic mass is 16.6. The van der Waals surface area contributed by atoms with Gasteiger partial charge in [0.05, 0.1) is 26.4 Å². The van der Waals surface area contributed by atoms with Crippen molar-refractivity contribution >= 4 is 59.6 Å². The molecule has 0 aromatic carbocycles. The van der Waals surface area contributed by atoms with E-state index in [2.05, 4.69) is 23.8 Å². The molecule has 0 aromatic rings. The molecule has 63 heavy (non-hydrogen) atoms. The molecule has 0 rings (SSSR count). The van der Waals surface area contributed by atoms with Crippen LogP contribution in [0.25, 0.3) is 0 Å². The lowest BCUT2D eigenvalue weighted by molar-refractivity contribution is -0.152. The first-order valence-corrected chi connectivity index (χ1v) is 21.4. The maximum absolute atomic E-state index is 12.3. The highest BCUT2D eigenvalue weighted by Gasteiger charge is 2.22. The lowest BCUT2D eigenvalue weighted by atomic mass is 10.1.